The Hall–Kier alpha value is -3.22. The van der Waals surface area contributed by atoms with E-state index in [0.717, 1.165) is 0 Å². The van der Waals surface area contributed by atoms with Crippen LogP contribution in [0.5, 0.6) is 5.75 Å². The zero-order chi connectivity index (χ0) is 14.7. The van der Waals surface area contributed by atoms with Gasteiger partial charge in [-0.1, -0.05) is 6.07 Å². The molecule has 0 saturated carbocycles. The number of nitrogens with one attached hydrogen (secondary N) is 1. The van der Waals surface area contributed by atoms with Crippen LogP contribution in [0.15, 0.2) is 55.1 Å². The number of amides is 1. The van der Waals surface area contributed by atoms with Crippen molar-refractivity contribution in [2.24, 2.45) is 0 Å². The second-order valence-electron chi connectivity index (χ2n) is 4.25. The van der Waals surface area contributed by atoms with Crippen LogP contribution in [0.25, 0.3) is 5.82 Å². The summed E-state index contributed by atoms with van der Waals surface area (Å²) in [7, 11) is 0. The van der Waals surface area contributed by atoms with Gasteiger partial charge in [-0.3, -0.25) is 9.36 Å². The molecule has 0 fully saturated rings. The maximum Gasteiger partial charge on any atom is 0.274 e. The number of phenolic OH excluding ortho intramolecular Hbond substituents is 1. The summed E-state index contributed by atoms with van der Waals surface area (Å²) >= 11 is 0. The summed E-state index contributed by atoms with van der Waals surface area (Å²) in [6.07, 6.45) is 3.01. The van der Waals surface area contributed by atoms with Crippen LogP contribution < -0.4 is 5.32 Å². The minimum atomic E-state index is -0.337. The molecule has 2 aromatic heterocycles. The van der Waals surface area contributed by atoms with Crippen LogP contribution in [-0.4, -0.2) is 30.8 Å². The van der Waals surface area contributed by atoms with E-state index in [4.69, 9.17) is 0 Å². The molecule has 1 amide bonds. The lowest BCUT2D eigenvalue weighted by Crippen LogP contribution is -2.14. The van der Waals surface area contributed by atoms with Gasteiger partial charge in [0.1, 0.15) is 29.9 Å². The first kappa shape index (κ1) is 12.8. The number of benzene rings is 1. The van der Waals surface area contributed by atoms with Gasteiger partial charge in [0.25, 0.3) is 5.91 Å². The number of nitrogens with zero attached hydrogens (tertiary/aromatic N) is 4. The van der Waals surface area contributed by atoms with Crippen LogP contribution in [0.3, 0.4) is 0 Å². The highest BCUT2D eigenvalue weighted by atomic mass is 16.3. The van der Waals surface area contributed by atoms with Crippen molar-refractivity contribution in [2.75, 3.05) is 5.32 Å². The second kappa shape index (κ2) is 5.41. The maximum absolute atomic E-state index is 12.1. The predicted molar refractivity (Wildman–Crippen MR) is 75.2 cm³/mol. The number of phenols is 1. The number of carbonyl (C=O) groups excluding carboxylic acids is 1. The lowest BCUT2D eigenvalue weighted by atomic mass is 10.2. The predicted octanol–water partition coefficient (Wildman–Crippen LogP) is 1.62. The number of aromatic hydroxyl groups is 1. The molecule has 3 aromatic rings. The van der Waals surface area contributed by atoms with Gasteiger partial charge in [0.2, 0.25) is 0 Å². The number of pyridine rings is 1. The minimum Gasteiger partial charge on any atom is -0.508 e. The van der Waals surface area contributed by atoms with Crippen molar-refractivity contribution >= 4 is 11.6 Å². The van der Waals surface area contributed by atoms with E-state index in [-0.39, 0.29) is 17.4 Å². The quantitative estimate of drug-likeness (QED) is 0.712. The van der Waals surface area contributed by atoms with Crippen LogP contribution in [-0.2, 0) is 0 Å². The van der Waals surface area contributed by atoms with Gasteiger partial charge in [0.15, 0.2) is 0 Å². The Labute approximate surface area is 119 Å². The van der Waals surface area contributed by atoms with E-state index in [1.165, 1.54) is 24.8 Å². The van der Waals surface area contributed by atoms with Crippen LogP contribution in [0.1, 0.15) is 10.5 Å². The van der Waals surface area contributed by atoms with Crippen molar-refractivity contribution in [3.8, 4) is 11.6 Å². The molecular formula is C14H11N5O2. The standard InChI is InChI=1S/C14H11N5O2/c20-11-6-4-10(5-7-11)17-14(21)12-2-1-3-13(18-12)19-8-15-16-9-19/h1-9,20H,(H,17,21). The number of anilines is 1. The molecule has 0 atom stereocenters. The minimum absolute atomic E-state index is 0.140. The lowest BCUT2D eigenvalue weighted by molar-refractivity contribution is 0.102. The van der Waals surface area contributed by atoms with Gasteiger partial charge in [-0.05, 0) is 36.4 Å². The van der Waals surface area contributed by atoms with Crippen LogP contribution in [0.4, 0.5) is 5.69 Å². The Bertz CT molecular complexity index is 753. The summed E-state index contributed by atoms with van der Waals surface area (Å²) in [5, 5.41) is 19.3. The van der Waals surface area contributed by atoms with E-state index in [9.17, 15) is 9.90 Å². The Kier molecular flexibility index (Phi) is 3.30. The second-order valence-corrected chi connectivity index (χ2v) is 4.25. The number of hydrogen-bond donors (Lipinski definition) is 2. The molecule has 2 heterocycles. The zero-order valence-electron chi connectivity index (χ0n) is 10.8. The SMILES string of the molecule is O=C(Nc1ccc(O)cc1)c1cccc(-n2cnnc2)n1. The molecule has 7 heteroatoms. The third-order valence-electron chi connectivity index (χ3n) is 2.78. The highest BCUT2D eigenvalue weighted by Gasteiger charge is 2.09. The van der Waals surface area contributed by atoms with Crippen LogP contribution >= 0.6 is 0 Å². The Morgan fingerprint density at radius 1 is 1.05 bits per heavy atom. The molecule has 0 aliphatic carbocycles. The molecular weight excluding hydrogens is 270 g/mol. The van der Waals surface area contributed by atoms with Crippen molar-refractivity contribution in [3.63, 3.8) is 0 Å². The fourth-order valence-corrected chi connectivity index (χ4v) is 1.75. The zero-order valence-corrected chi connectivity index (χ0v) is 10.8. The molecule has 104 valence electrons. The molecule has 7 nitrogen and oxygen atoms in total. The fraction of sp³-hybridized carbons (Fsp3) is 0. The first-order chi connectivity index (χ1) is 10.2. The average molecular weight is 281 g/mol. The van der Waals surface area contributed by atoms with Crippen molar-refractivity contribution in [1.29, 1.82) is 0 Å². The molecule has 0 aliphatic rings. The van der Waals surface area contributed by atoms with Gasteiger partial charge < -0.3 is 10.4 Å². The number of aromatic nitrogens is 4. The van der Waals surface area contributed by atoms with Crippen molar-refractivity contribution < 1.29 is 9.90 Å². The van der Waals surface area contributed by atoms with E-state index in [2.05, 4.69) is 20.5 Å². The van der Waals surface area contributed by atoms with E-state index >= 15 is 0 Å². The van der Waals surface area contributed by atoms with Crippen LogP contribution in [0, 0.1) is 0 Å². The normalized spacial score (nSPS) is 10.3. The molecule has 0 radical (unpaired) electrons. The Morgan fingerprint density at radius 2 is 1.76 bits per heavy atom. The van der Waals surface area contributed by atoms with Gasteiger partial charge >= 0.3 is 0 Å². The van der Waals surface area contributed by atoms with Gasteiger partial charge in [-0.2, -0.15) is 0 Å². The first-order valence-corrected chi connectivity index (χ1v) is 6.15. The first-order valence-electron chi connectivity index (χ1n) is 6.15. The Morgan fingerprint density at radius 3 is 2.48 bits per heavy atom. The maximum atomic E-state index is 12.1. The van der Waals surface area contributed by atoms with Crippen molar-refractivity contribution in [2.45, 2.75) is 0 Å². The van der Waals surface area contributed by atoms with E-state index in [0.29, 0.717) is 11.5 Å². The molecule has 0 spiro atoms. The number of carbonyl (C=O) groups is 1. The van der Waals surface area contributed by atoms with Crippen LogP contribution in [0.2, 0.25) is 0 Å². The monoisotopic (exact) mass is 281 g/mol. The summed E-state index contributed by atoms with van der Waals surface area (Å²) in [4.78, 5) is 16.4. The molecule has 0 unspecified atom stereocenters. The summed E-state index contributed by atoms with van der Waals surface area (Å²) < 4.78 is 1.61. The van der Waals surface area contributed by atoms with Crippen molar-refractivity contribution in [1.82, 2.24) is 19.7 Å². The summed E-state index contributed by atoms with van der Waals surface area (Å²) in [5.41, 5.74) is 0.851. The third kappa shape index (κ3) is 2.86. The Balaban J connectivity index is 1.81. The molecule has 0 bridgehead atoms. The van der Waals surface area contributed by atoms with E-state index in [1.807, 2.05) is 0 Å². The molecule has 0 aliphatic heterocycles. The van der Waals surface area contributed by atoms with Gasteiger partial charge in [-0.25, -0.2) is 4.98 Å². The van der Waals surface area contributed by atoms with Crippen molar-refractivity contribution in [3.05, 3.63) is 60.8 Å². The summed E-state index contributed by atoms with van der Waals surface area (Å²) in [6.45, 7) is 0. The molecule has 3 rings (SSSR count). The highest BCUT2D eigenvalue weighted by Crippen LogP contribution is 2.14. The smallest absolute Gasteiger partial charge is 0.274 e. The highest BCUT2D eigenvalue weighted by molar-refractivity contribution is 6.02. The van der Waals surface area contributed by atoms with Gasteiger partial charge in [0, 0.05) is 5.69 Å². The van der Waals surface area contributed by atoms with Gasteiger partial charge in [0.05, 0.1) is 0 Å². The van der Waals surface area contributed by atoms with E-state index in [1.54, 1.807) is 34.9 Å². The molecule has 0 saturated heterocycles. The van der Waals surface area contributed by atoms with E-state index < -0.39 is 0 Å². The molecule has 1 aromatic carbocycles. The molecule has 2 N–H and O–H groups in total. The number of hydrogen-bond acceptors (Lipinski definition) is 5. The largest absolute Gasteiger partial charge is 0.508 e. The third-order valence-corrected chi connectivity index (χ3v) is 2.78. The lowest BCUT2D eigenvalue weighted by Gasteiger charge is -2.06. The summed E-state index contributed by atoms with van der Waals surface area (Å²) in [5.74, 6) is 0.356. The molecule has 21 heavy (non-hydrogen) atoms. The fourth-order valence-electron chi connectivity index (χ4n) is 1.75. The van der Waals surface area contributed by atoms with Gasteiger partial charge in [-0.15, -0.1) is 10.2 Å². The summed E-state index contributed by atoms with van der Waals surface area (Å²) in [6, 6.07) is 11.3. The average Bonchev–Trinajstić information content (AvgIpc) is 3.04. The topological polar surface area (TPSA) is 92.9 Å². The number of rotatable bonds is 3.